The Bertz CT molecular complexity index is 1860. The molecule has 0 saturated carbocycles. The third-order valence-corrected chi connectivity index (χ3v) is 10.9. The molecule has 2 saturated heterocycles. The maximum Gasteiger partial charge on any atom is 0.407 e. The number of nitrogens with zero attached hydrogens (tertiary/aromatic N) is 4. The highest BCUT2D eigenvalue weighted by Gasteiger charge is 2.41. The fraction of sp³-hybridized carbons (Fsp3) is 0.476. The number of carbonyl (C=O) groups excluding carboxylic acids is 4. The molecule has 2 aliphatic rings. The maximum absolute atomic E-state index is 13.7. The van der Waals surface area contributed by atoms with Gasteiger partial charge in [0.2, 0.25) is 11.8 Å². The lowest BCUT2D eigenvalue weighted by Crippen LogP contribution is -2.51. The van der Waals surface area contributed by atoms with Gasteiger partial charge in [-0.15, -0.1) is 0 Å². The number of nitrogens with one attached hydrogen (secondary N) is 4. The molecule has 6 unspecified atom stereocenters. The van der Waals surface area contributed by atoms with Crippen molar-refractivity contribution in [3.63, 3.8) is 0 Å². The van der Waals surface area contributed by atoms with Crippen LogP contribution in [0.25, 0.3) is 33.6 Å². The molecule has 4 heterocycles. The Morgan fingerprint density at radius 3 is 1.29 bits per heavy atom. The molecule has 4 N–H and O–H groups in total. The predicted octanol–water partition coefficient (Wildman–Crippen LogP) is 6.71. The first-order valence-corrected chi connectivity index (χ1v) is 19.4. The van der Waals surface area contributed by atoms with Crippen LogP contribution in [0, 0.1) is 23.7 Å². The molecular weight excluding hydrogens is 713 g/mol. The zero-order chi connectivity index (χ0) is 40.3. The second kappa shape index (κ2) is 17.0. The molecule has 2 aliphatic heterocycles. The van der Waals surface area contributed by atoms with Gasteiger partial charge in [0.1, 0.15) is 23.7 Å². The van der Waals surface area contributed by atoms with Crippen molar-refractivity contribution in [2.75, 3.05) is 27.3 Å². The molecule has 0 spiro atoms. The van der Waals surface area contributed by atoms with Crippen LogP contribution in [0.15, 0.2) is 60.9 Å². The predicted molar refractivity (Wildman–Crippen MR) is 212 cm³/mol. The molecular formula is C42H54N8O6. The second-order valence-corrected chi connectivity index (χ2v) is 15.9. The van der Waals surface area contributed by atoms with Crippen LogP contribution in [0.2, 0.25) is 0 Å². The van der Waals surface area contributed by atoms with E-state index >= 15 is 0 Å². The average Bonchev–Trinajstić information content (AvgIpc) is 4.02. The molecule has 6 rings (SSSR count). The van der Waals surface area contributed by atoms with Gasteiger partial charge in [0, 0.05) is 13.1 Å². The zero-order valence-electron chi connectivity index (χ0n) is 33.5. The summed E-state index contributed by atoms with van der Waals surface area (Å²) < 4.78 is 9.55. The van der Waals surface area contributed by atoms with Crippen LogP contribution in [0.4, 0.5) is 9.59 Å². The first kappa shape index (κ1) is 40.0. The molecule has 0 bridgehead atoms. The van der Waals surface area contributed by atoms with Crippen molar-refractivity contribution in [1.82, 2.24) is 40.4 Å². The summed E-state index contributed by atoms with van der Waals surface area (Å²) in [7, 11) is 2.58. The number of imidazole rings is 2. The highest BCUT2D eigenvalue weighted by molar-refractivity contribution is 5.87. The highest BCUT2D eigenvalue weighted by atomic mass is 16.5. The topological polar surface area (TPSA) is 175 Å². The van der Waals surface area contributed by atoms with E-state index in [-0.39, 0.29) is 47.6 Å². The fourth-order valence-corrected chi connectivity index (χ4v) is 7.84. The largest absolute Gasteiger partial charge is 0.453 e. The van der Waals surface area contributed by atoms with E-state index in [1.807, 2.05) is 37.5 Å². The lowest BCUT2D eigenvalue weighted by Gasteiger charge is -2.30. The number of hydrogen-bond acceptors (Lipinski definition) is 8. The Morgan fingerprint density at radius 1 is 0.625 bits per heavy atom. The molecule has 14 heteroatoms. The molecule has 2 fully saturated rings. The van der Waals surface area contributed by atoms with E-state index in [1.165, 1.54) is 14.2 Å². The van der Waals surface area contributed by atoms with E-state index in [0.29, 0.717) is 13.1 Å². The highest BCUT2D eigenvalue weighted by Crippen LogP contribution is 2.38. The average molecular weight is 767 g/mol. The van der Waals surface area contributed by atoms with Crippen LogP contribution in [-0.2, 0) is 19.1 Å². The molecule has 298 valence electrons. The summed E-state index contributed by atoms with van der Waals surface area (Å²) in [5, 5.41) is 5.42. The van der Waals surface area contributed by atoms with Crippen molar-refractivity contribution in [2.24, 2.45) is 23.7 Å². The van der Waals surface area contributed by atoms with Crippen molar-refractivity contribution >= 4 is 24.0 Å². The number of alkyl carbamates (subject to hydrolysis) is 2. The first-order chi connectivity index (χ1) is 26.8. The van der Waals surface area contributed by atoms with Crippen LogP contribution in [-0.4, -0.2) is 93.1 Å². The Kier molecular flexibility index (Phi) is 12.2. The minimum atomic E-state index is -0.700. The lowest BCUT2D eigenvalue weighted by molar-refractivity contribution is -0.136. The van der Waals surface area contributed by atoms with Gasteiger partial charge in [0.25, 0.3) is 0 Å². The SMILES string of the molecule is COC(=O)NC(C(=O)N1CC(C)CC1c1ncc(-c2ccc(-c3ccc(-c4cnc(C5CC(C)CN5C(=O)C(NC(=O)OC)C(C)C)[nH]4)cc3)cc2)[nH]1)C(C)C. The molecule has 6 atom stereocenters. The van der Waals surface area contributed by atoms with Gasteiger partial charge in [-0.05, 0) is 58.8 Å². The number of likely N-dealkylation sites (tertiary alicyclic amines) is 2. The first-order valence-electron chi connectivity index (χ1n) is 19.4. The molecule has 2 aromatic heterocycles. The van der Waals surface area contributed by atoms with Crippen LogP contribution >= 0.6 is 0 Å². The van der Waals surface area contributed by atoms with Crippen LogP contribution in [0.3, 0.4) is 0 Å². The molecule has 0 radical (unpaired) electrons. The number of methoxy groups -OCH3 is 2. The number of aromatic amines is 2. The number of ether oxygens (including phenoxy) is 2. The number of amides is 4. The van der Waals surface area contributed by atoms with Crippen molar-refractivity contribution in [3.8, 4) is 33.6 Å². The third kappa shape index (κ3) is 8.58. The second-order valence-electron chi connectivity index (χ2n) is 15.9. The Balaban J connectivity index is 1.13. The van der Waals surface area contributed by atoms with Gasteiger partial charge in [-0.25, -0.2) is 19.6 Å². The summed E-state index contributed by atoms with van der Waals surface area (Å²) in [5.74, 6) is 1.48. The molecule has 14 nitrogen and oxygen atoms in total. The summed E-state index contributed by atoms with van der Waals surface area (Å²) in [6.07, 6.45) is 3.89. The van der Waals surface area contributed by atoms with Gasteiger partial charge in [-0.1, -0.05) is 90.1 Å². The number of aromatic nitrogens is 4. The Labute approximate surface area is 328 Å². The number of benzene rings is 2. The lowest BCUT2D eigenvalue weighted by atomic mass is 10.0. The van der Waals surface area contributed by atoms with Gasteiger partial charge in [0.15, 0.2) is 0 Å². The van der Waals surface area contributed by atoms with E-state index in [9.17, 15) is 19.2 Å². The van der Waals surface area contributed by atoms with Crippen molar-refractivity contribution in [2.45, 2.75) is 78.6 Å². The van der Waals surface area contributed by atoms with Crippen molar-refractivity contribution < 1.29 is 28.7 Å². The van der Waals surface area contributed by atoms with Crippen LogP contribution in [0.5, 0.6) is 0 Å². The zero-order valence-corrected chi connectivity index (χ0v) is 33.5. The number of hydrogen-bond donors (Lipinski definition) is 4. The van der Waals surface area contributed by atoms with Crippen LogP contribution in [0.1, 0.15) is 78.1 Å². The molecule has 4 aromatic rings. The van der Waals surface area contributed by atoms with Crippen molar-refractivity contribution in [1.29, 1.82) is 0 Å². The van der Waals surface area contributed by atoms with E-state index in [0.717, 1.165) is 58.1 Å². The minimum Gasteiger partial charge on any atom is -0.453 e. The summed E-state index contributed by atoms with van der Waals surface area (Å²) in [6.45, 7) is 13.0. The standard InChI is InChI=1S/C42H54N8O6/c1-23(2)35(47-41(53)55-7)39(51)49-21-25(5)17-33(49)37-43-19-31(45-37)29-13-9-27(10-14-29)28-11-15-30(16-12-28)32-20-44-38(46-32)34-18-26(6)22-50(34)40(52)36(24(3)4)48-42(54)56-8/h9-16,19-20,23-26,33-36H,17-18,21-22H2,1-8H3,(H,43,45)(H,44,46)(H,47,53)(H,48,54). The van der Waals surface area contributed by atoms with Gasteiger partial charge in [-0.3, -0.25) is 9.59 Å². The minimum absolute atomic E-state index is 0.114. The van der Waals surface area contributed by atoms with Gasteiger partial charge in [0.05, 0.1) is 50.1 Å². The fourth-order valence-electron chi connectivity index (χ4n) is 7.84. The summed E-state index contributed by atoms with van der Waals surface area (Å²) in [6, 6.07) is 14.6. The summed E-state index contributed by atoms with van der Waals surface area (Å²) >= 11 is 0. The number of H-pyrrole nitrogens is 2. The van der Waals surface area contributed by atoms with Gasteiger partial charge < -0.3 is 39.9 Å². The molecule has 2 aromatic carbocycles. The maximum atomic E-state index is 13.7. The third-order valence-electron chi connectivity index (χ3n) is 10.9. The van der Waals surface area contributed by atoms with E-state index in [1.54, 1.807) is 12.4 Å². The normalized spacial score (nSPS) is 20.6. The molecule has 0 aliphatic carbocycles. The van der Waals surface area contributed by atoms with Crippen molar-refractivity contribution in [3.05, 3.63) is 72.6 Å². The Morgan fingerprint density at radius 2 is 0.964 bits per heavy atom. The number of rotatable bonds is 11. The van der Waals surface area contributed by atoms with Gasteiger partial charge >= 0.3 is 12.2 Å². The van der Waals surface area contributed by atoms with E-state index in [4.69, 9.17) is 19.4 Å². The summed E-state index contributed by atoms with van der Waals surface area (Å²) in [5.41, 5.74) is 5.76. The quantitative estimate of drug-likeness (QED) is 0.130. The number of carbonyl (C=O) groups is 4. The van der Waals surface area contributed by atoms with Gasteiger partial charge in [-0.2, -0.15) is 0 Å². The van der Waals surface area contributed by atoms with Crippen LogP contribution < -0.4 is 10.6 Å². The van der Waals surface area contributed by atoms with E-state index in [2.05, 4.69) is 83.0 Å². The smallest absolute Gasteiger partial charge is 0.407 e. The molecule has 4 amide bonds. The Hall–Kier alpha value is -5.66. The summed E-state index contributed by atoms with van der Waals surface area (Å²) in [4.78, 5) is 71.3. The van der Waals surface area contributed by atoms with E-state index < -0.39 is 24.3 Å². The monoisotopic (exact) mass is 766 g/mol. The molecule has 56 heavy (non-hydrogen) atoms.